The van der Waals surface area contributed by atoms with Crippen LogP contribution in [-0.4, -0.2) is 0 Å². The molecule has 1 nitrogen and oxygen atoms in total. The Kier molecular flexibility index (Phi) is 4.47. The van der Waals surface area contributed by atoms with Crippen molar-refractivity contribution in [3.05, 3.63) is 62.5 Å². The van der Waals surface area contributed by atoms with E-state index in [2.05, 4.69) is 73.6 Å². The Balaban J connectivity index is 1.94. The average Bonchev–Trinajstić information content (AvgIpc) is 2.66. The van der Waals surface area contributed by atoms with Crippen LogP contribution < -0.4 is 5.32 Å². The van der Waals surface area contributed by atoms with Gasteiger partial charge in [0.25, 0.3) is 0 Å². The summed E-state index contributed by atoms with van der Waals surface area (Å²) < 4.78 is 2.21. The van der Waals surface area contributed by atoms with Crippen LogP contribution >= 0.6 is 31.9 Å². The molecule has 0 fully saturated rings. The highest BCUT2D eigenvalue weighted by molar-refractivity contribution is 9.11. The fourth-order valence-electron chi connectivity index (χ4n) is 2.88. The number of aryl methyl sites for hydroxylation is 1. The Labute approximate surface area is 137 Å². The van der Waals surface area contributed by atoms with Gasteiger partial charge in [0, 0.05) is 8.95 Å². The second-order valence-corrected chi connectivity index (χ2v) is 6.95. The Hall–Kier alpha value is -0.800. The van der Waals surface area contributed by atoms with Crippen LogP contribution in [0.1, 0.15) is 36.4 Å². The third-order valence-corrected chi connectivity index (χ3v) is 5.22. The van der Waals surface area contributed by atoms with Gasteiger partial charge in [-0.2, -0.15) is 0 Å². The molecule has 0 radical (unpaired) electrons. The van der Waals surface area contributed by atoms with Crippen LogP contribution in [0.25, 0.3) is 0 Å². The smallest absolute Gasteiger partial charge is 0.0633 e. The van der Waals surface area contributed by atoms with E-state index in [4.69, 9.17) is 0 Å². The van der Waals surface area contributed by atoms with Crippen LogP contribution in [0.2, 0.25) is 0 Å². The number of nitrogens with one attached hydrogen (secondary N) is 1. The Bertz CT molecular complexity index is 589. The summed E-state index contributed by atoms with van der Waals surface area (Å²) in [6.45, 7) is 0. The lowest BCUT2D eigenvalue weighted by Crippen LogP contribution is -2.12. The number of benzene rings is 2. The van der Waals surface area contributed by atoms with Crippen molar-refractivity contribution < 1.29 is 0 Å². The zero-order valence-corrected chi connectivity index (χ0v) is 14.4. The first-order chi connectivity index (χ1) is 9.75. The van der Waals surface area contributed by atoms with Gasteiger partial charge in [0.05, 0.1) is 11.7 Å². The summed E-state index contributed by atoms with van der Waals surface area (Å²) in [5, 5.41) is 3.72. The van der Waals surface area contributed by atoms with E-state index in [1.165, 1.54) is 36.8 Å². The molecule has 1 atom stereocenters. The molecule has 3 rings (SSSR count). The first kappa shape index (κ1) is 14.2. The predicted octanol–water partition coefficient (Wildman–Crippen LogP) is 6.09. The van der Waals surface area contributed by atoms with Crippen LogP contribution in [0.15, 0.2) is 51.4 Å². The molecule has 20 heavy (non-hydrogen) atoms. The van der Waals surface area contributed by atoms with E-state index in [1.807, 2.05) is 6.07 Å². The maximum atomic E-state index is 3.72. The van der Waals surface area contributed by atoms with Crippen molar-refractivity contribution >= 4 is 37.5 Å². The van der Waals surface area contributed by atoms with Crippen molar-refractivity contribution in [2.24, 2.45) is 0 Å². The molecule has 2 aromatic rings. The first-order valence-electron chi connectivity index (χ1n) is 7.04. The maximum Gasteiger partial charge on any atom is 0.0633 e. The Morgan fingerprint density at radius 1 is 0.900 bits per heavy atom. The zero-order chi connectivity index (χ0) is 13.9. The van der Waals surface area contributed by atoms with Crippen molar-refractivity contribution in [1.29, 1.82) is 0 Å². The highest BCUT2D eigenvalue weighted by Gasteiger charge is 2.19. The van der Waals surface area contributed by atoms with Gasteiger partial charge in [-0.1, -0.05) is 36.8 Å². The predicted molar refractivity (Wildman–Crippen MR) is 92.2 cm³/mol. The maximum absolute atomic E-state index is 3.72. The summed E-state index contributed by atoms with van der Waals surface area (Å²) in [5.74, 6) is 0. The van der Waals surface area contributed by atoms with Crippen LogP contribution in [-0.2, 0) is 6.42 Å². The molecular formula is C17H17Br2N. The summed E-state index contributed by atoms with van der Waals surface area (Å²) in [4.78, 5) is 0. The van der Waals surface area contributed by atoms with Crippen LogP contribution in [0.3, 0.4) is 0 Å². The molecule has 1 aliphatic carbocycles. The molecule has 0 amide bonds. The van der Waals surface area contributed by atoms with Gasteiger partial charge in [-0.3, -0.25) is 0 Å². The number of fused-ring (bicyclic) bond motifs is 1. The van der Waals surface area contributed by atoms with Gasteiger partial charge in [0.1, 0.15) is 0 Å². The number of hydrogen-bond donors (Lipinski definition) is 1. The van der Waals surface area contributed by atoms with E-state index >= 15 is 0 Å². The molecule has 0 bridgehead atoms. The molecule has 3 heteroatoms. The zero-order valence-electron chi connectivity index (χ0n) is 11.2. The monoisotopic (exact) mass is 393 g/mol. The lowest BCUT2D eigenvalue weighted by Gasteiger charge is -2.22. The highest BCUT2D eigenvalue weighted by Crippen LogP contribution is 2.37. The van der Waals surface area contributed by atoms with Crippen molar-refractivity contribution in [2.75, 3.05) is 5.32 Å². The average molecular weight is 395 g/mol. The van der Waals surface area contributed by atoms with Gasteiger partial charge < -0.3 is 5.32 Å². The normalized spacial score (nSPS) is 18.2. The SMILES string of the molecule is Brc1cccc(Br)c1NC1CCCCc2ccccc21. The molecular weight excluding hydrogens is 378 g/mol. The van der Waals surface area contributed by atoms with E-state index in [-0.39, 0.29) is 0 Å². The number of hydrogen-bond acceptors (Lipinski definition) is 1. The Morgan fingerprint density at radius 2 is 1.65 bits per heavy atom. The van der Waals surface area contributed by atoms with Gasteiger partial charge in [0.2, 0.25) is 0 Å². The third-order valence-electron chi connectivity index (χ3n) is 3.90. The van der Waals surface area contributed by atoms with Crippen molar-refractivity contribution in [3.63, 3.8) is 0 Å². The molecule has 0 saturated heterocycles. The van der Waals surface area contributed by atoms with Gasteiger partial charge in [-0.25, -0.2) is 0 Å². The summed E-state index contributed by atoms with van der Waals surface area (Å²) in [7, 11) is 0. The van der Waals surface area contributed by atoms with E-state index in [0.29, 0.717) is 6.04 Å². The Morgan fingerprint density at radius 3 is 2.45 bits per heavy atom. The van der Waals surface area contributed by atoms with E-state index < -0.39 is 0 Å². The summed E-state index contributed by atoms with van der Waals surface area (Å²) in [6.07, 6.45) is 4.94. The van der Waals surface area contributed by atoms with Crippen molar-refractivity contribution in [1.82, 2.24) is 0 Å². The fourth-order valence-corrected chi connectivity index (χ4v) is 4.11. The molecule has 0 aromatic heterocycles. The molecule has 1 unspecified atom stereocenters. The molecule has 1 N–H and O–H groups in total. The minimum absolute atomic E-state index is 0.392. The van der Waals surface area contributed by atoms with Crippen molar-refractivity contribution in [2.45, 2.75) is 31.7 Å². The van der Waals surface area contributed by atoms with E-state index in [9.17, 15) is 0 Å². The van der Waals surface area contributed by atoms with Gasteiger partial charge in [0.15, 0.2) is 0 Å². The van der Waals surface area contributed by atoms with Crippen LogP contribution in [0.5, 0.6) is 0 Å². The minimum Gasteiger partial charge on any atom is -0.376 e. The summed E-state index contributed by atoms with van der Waals surface area (Å²) in [6, 6.07) is 15.4. The summed E-state index contributed by atoms with van der Waals surface area (Å²) >= 11 is 7.28. The highest BCUT2D eigenvalue weighted by atomic mass is 79.9. The van der Waals surface area contributed by atoms with Gasteiger partial charge in [-0.05, 0) is 74.4 Å². The van der Waals surface area contributed by atoms with E-state index in [1.54, 1.807) is 0 Å². The third kappa shape index (κ3) is 2.94. The molecule has 2 aromatic carbocycles. The molecule has 0 aliphatic heterocycles. The lowest BCUT2D eigenvalue weighted by molar-refractivity contribution is 0.644. The molecule has 0 saturated carbocycles. The second-order valence-electron chi connectivity index (χ2n) is 5.24. The summed E-state index contributed by atoms with van der Waals surface area (Å²) in [5.41, 5.74) is 4.09. The quantitative estimate of drug-likeness (QED) is 0.607. The standard InChI is InChI=1S/C17H17Br2N/c18-14-9-5-10-15(19)17(14)20-16-11-4-2-7-12-6-1-3-8-13(12)16/h1,3,5-6,8-10,16,20H,2,4,7,11H2. The molecule has 0 heterocycles. The lowest BCUT2D eigenvalue weighted by atomic mass is 9.99. The van der Waals surface area contributed by atoms with E-state index in [0.717, 1.165) is 14.6 Å². The van der Waals surface area contributed by atoms with Crippen LogP contribution in [0.4, 0.5) is 5.69 Å². The molecule has 0 spiro atoms. The first-order valence-corrected chi connectivity index (χ1v) is 8.62. The van der Waals surface area contributed by atoms with Crippen molar-refractivity contribution in [3.8, 4) is 0 Å². The minimum atomic E-state index is 0.392. The molecule has 104 valence electrons. The number of anilines is 1. The number of halogens is 2. The largest absolute Gasteiger partial charge is 0.376 e. The van der Waals surface area contributed by atoms with Gasteiger partial charge >= 0.3 is 0 Å². The second kappa shape index (κ2) is 6.31. The topological polar surface area (TPSA) is 12.0 Å². The fraction of sp³-hybridized carbons (Fsp3) is 0.294. The number of rotatable bonds is 2. The molecule has 1 aliphatic rings. The van der Waals surface area contributed by atoms with Gasteiger partial charge in [-0.15, -0.1) is 0 Å². The van der Waals surface area contributed by atoms with Crippen LogP contribution in [0, 0.1) is 0 Å². The number of para-hydroxylation sites is 1.